The molecule has 2 nitrogen and oxygen atoms in total. The summed E-state index contributed by atoms with van der Waals surface area (Å²) in [6.45, 7) is 7.71. The molecule has 0 saturated carbocycles. The fourth-order valence-corrected chi connectivity index (χ4v) is 4.61. The van der Waals surface area contributed by atoms with Gasteiger partial charge >= 0.3 is 0 Å². The van der Waals surface area contributed by atoms with Crippen LogP contribution in [-0.4, -0.2) is 25.7 Å². The first kappa shape index (κ1) is 15.3. The van der Waals surface area contributed by atoms with Gasteiger partial charge in [0.25, 0.3) is 0 Å². The van der Waals surface area contributed by atoms with E-state index in [0.717, 1.165) is 19.6 Å². The third kappa shape index (κ3) is 3.96. The maximum absolute atomic E-state index is 3.71. The van der Waals surface area contributed by atoms with Crippen LogP contribution >= 0.6 is 31.9 Å². The van der Waals surface area contributed by atoms with Gasteiger partial charge in [-0.1, -0.05) is 6.92 Å². The highest BCUT2D eigenvalue weighted by atomic mass is 79.9. The largest absolute Gasteiger partial charge is 0.368 e. The molecule has 1 aromatic rings. The number of piperidine rings is 1. The second-order valence-corrected chi connectivity index (χ2v) is 7.03. The highest BCUT2D eigenvalue weighted by molar-refractivity contribution is 9.11. The maximum atomic E-state index is 3.71. The minimum absolute atomic E-state index is 0.619. The lowest BCUT2D eigenvalue weighted by Crippen LogP contribution is -2.46. The molecule has 2 rings (SSSR count). The quantitative estimate of drug-likeness (QED) is 0.815. The molecule has 0 aromatic heterocycles. The van der Waals surface area contributed by atoms with Gasteiger partial charge in [0, 0.05) is 28.1 Å². The summed E-state index contributed by atoms with van der Waals surface area (Å²) in [7, 11) is 0. The van der Waals surface area contributed by atoms with E-state index >= 15 is 0 Å². The van der Waals surface area contributed by atoms with E-state index in [2.05, 4.69) is 68.1 Å². The molecule has 1 atom stereocenters. The number of aryl methyl sites for hydroxylation is 1. The van der Waals surface area contributed by atoms with Crippen LogP contribution in [0.2, 0.25) is 0 Å². The molecule has 1 fully saturated rings. The van der Waals surface area contributed by atoms with E-state index in [1.807, 2.05) is 0 Å². The second-order valence-electron chi connectivity index (χ2n) is 5.32. The molecule has 1 aliphatic rings. The Hall–Kier alpha value is -0.0600. The van der Waals surface area contributed by atoms with Gasteiger partial charge in [-0.2, -0.15) is 0 Å². The number of rotatable bonds is 4. The van der Waals surface area contributed by atoms with E-state index in [-0.39, 0.29) is 0 Å². The first-order valence-corrected chi connectivity index (χ1v) is 8.64. The Morgan fingerprint density at radius 2 is 2.00 bits per heavy atom. The minimum atomic E-state index is 0.619. The van der Waals surface area contributed by atoms with Crippen molar-refractivity contribution in [1.29, 1.82) is 0 Å². The molecule has 0 aliphatic carbocycles. The molecule has 1 aliphatic heterocycles. The van der Waals surface area contributed by atoms with Crippen LogP contribution in [0.4, 0.5) is 5.69 Å². The first-order chi connectivity index (χ1) is 9.11. The number of hydrogen-bond acceptors (Lipinski definition) is 2. The van der Waals surface area contributed by atoms with Crippen molar-refractivity contribution in [3.63, 3.8) is 0 Å². The smallest absolute Gasteiger partial charge is 0.0655 e. The molecule has 1 N–H and O–H groups in total. The van der Waals surface area contributed by atoms with Gasteiger partial charge in [-0.15, -0.1) is 0 Å². The van der Waals surface area contributed by atoms with Gasteiger partial charge in [0.05, 0.1) is 5.69 Å². The minimum Gasteiger partial charge on any atom is -0.368 e. The molecule has 0 bridgehead atoms. The number of nitrogens with one attached hydrogen (secondary N) is 1. The van der Waals surface area contributed by atoms with Crippen molar-refractivity contribution in [1.82, 2.24) is 5.32 Å². The van der Waals surface area contributed by atoms with Crippen molar-refractivity contribution in [2.24, 2.45) is 0 Å². The average molecular weight is 390 g/mol. The molecule has 1 aromatic carbocycles. The van der Waals surface area contributed by atoms with Gasteiger partial charge in [0.2, 0.25) is 0 Å². The van der Waals surface area contributed by atoms with Crippen LogP contribution in [-0.2, 0) is 0 Å². The Morgan fingerprint density at radius 1 is 1.32 bits per heavy atom. The molecule has 106 valence electrons. The van der Waals surface area contributed by atoms with Crippen molar-refractivity contribution < 1.29 is 0 Å². The van der Waals surface area contributed by atoms with Crippen molar-refractivity contribution >= 4 is 37.5 Å². The zero-order valence-corrected chi connectivity index (χ0v) is 14.8. The number of anilines is 1. The summed E-state index contributed by atoms with van der Waals surface area (Å²) < 4.78 is 2.38. The van der Waals surface area contributed by atoms with Gasteiger partial charge in [-0.25, -0.2) is 0 Å². The molecule has 1 saturated heterocycles. The van der Waals surface area contributed by atoms with Crippen molar-refractivity contribution in [3.8, 4) is 0 Å². The van der Waals surface area contributed by atoms with Crippen LogP contribution in [0.15, 0.2) is 21.1 Å². The Labute approximate surface area is 133 Å². The highest BCUT2D eigenvalue weighted by Crippen LogP contribution is 2.36. The normalized spacial score (nSPS) is 19.8. The number of hydrogen-bond donors (Lipinski definition) is 1. The van der Waals surface area contributed by atoms with Gasteiger partial charge in [0.15, 0.2) is 0 Å². The van der Waals surface area contributed by atoms with Gasteiger partial charge in [-0.05, 0) is 82.3 Å². The summed E-state index contributed by atoms with van der Waals surface area (Å²) in [6, 6.07) is 5.01. The monoisotopic (exact) mass is 388 g/mol. The van der Waals surface area contributed by atoms with Crippen LogP contribution < -0.4 is 10.2 Å². The predicted octanol–water partition coefficient (Wildman–Crippen LogP) is 4.49. The third-order valence-electron chi connectivity index (χ3n) is 3.58. The first-order valence-electron chi connectivity index (χ1n) is 7.05. The summed E-state index contributed by atoms with van der Waals surface area (Å²) in [5, 5.41) is 3.65. The number of nitrogens with zero attached hydrogens (tertiary/aromatic N) is 1. The van der Waals surface area contributed by atoms with Crippen molar-refractivity contribution in [3.05, 3.63) is 26.6 Å². The molecular formula is C15H22Br2N2. The Morgan fingerprint density at radius 3 is 2.63 bits per heavy atom. The second kappa shape index (κ2) is 7.09. The highest BCUT2D eigenvalue weighted by Gasteiger charge is 2.22. The van der Waals surface area contributed by atoms with E-state index < -0.39 is 0 Å². The van der Waals surface area contributed by atoms with Crippen LogP contribution in [0.1, 0.15) is 31.7 Å². The molecule has 4 heteroatoms. The van der Waals surface area contributed by atoms with Gasteiger partial charge < -0.3 is 10.2 Å². The third-order valence-corrected chi connectivity index (χ3v) is 4.79. The predicted molar refractivity (Wildman–Crippen MR) is 90.1 cm³/mol. The Kier molecular flexibility index (Phi) is 5.72. The summed E-state index contributed by atoms with van der Waals surface area (Å²) in [5.41, 5.74) is 2.58. The van der Waals surface area contributed by atoms with E-state index in [9.17, 15) is 0 Å². The molecule has 0 radical (unpaired) electrons. The van der Waals surface area contributed by atoms with Crippen LogP contribution in [0.25, 0.3) is 0 Å². The Bertz CT molecular complexity index is 411. The summed E-state index contributed by atoms with van der Waals surface area (Å²) in [5.74, 6) is 0. The van der Waals surface area contributed by atoms with E-state index in [1.165, 1.54) is 39.5 Å². The summed E-state index contributed by atoms with van der Waals surface area (Å²) >= 11 is 7.43. The number of benzene rings is 1. The molecule has 1 heterocycles. The zero-order chi connectivity index (χ0) is 13.8. The molecule has 0 amide bonds. The lowest BCUT2D eigenvalue weighted by Gasteiger charge is -2.36. The molecule has 19 heavy (non-hydrogen) atoms. The maximum Gasteiger partial charge on any atom is 0.0655 e. The average Bonchev–Trinajstić information content (AvgIpc) is 2.35. The lowest BCUT2D eigenvalue weighted by molar-refractivity contribution is 0.423. The molecular weight excluding hydrogens is 368 g/mol. The summed E-state index contributed by atoms with van der Waals surface area (Å²) in [6.07, 6.45) is 3.75. The fourth-order valence-electron chi connectivity index (χ4n) is 2.69. The van der Waals surface area contributed by atoms with E-state index in [1.54, 1.807) is 0 Å². The van der Waals surface area contributed by atoms with Crippen LogP contribution in [0.3, 0.4) is 0 Å². The number of halogens is 2. The lowest BCUT2D eigenvalue weighted by atomic mass is 10.0. The topological polar surface area (TPSA) is 15.3 Å². The van der Waals surface area contributed by atoms with E-state index in [4.69, 9.17) is 0 Å². The SMILES string of the molecule is CCCNC1CCCN(c2c(Br)cc(C)cc2Br)C1. The standard InChI is InChI=1S/C15H22Br2N2/c1-3-6-18-12-5-4-7-19(10-12)15-13(16)8-11(2)9-14(15)17/h8-9,12,18H,3-7,10H2,1-2H3. The van der Waals surface area contributed by atoms with Crippen molar-refractivity contribution in [2.45, 2.75) is 39.2 Å². The summed E-state index contributed by atoms with van der Waals surface area (Å²) in [4.78, 5) is 2.49. The van der Waals surface area contributed by atoms with Crippen LogP contribution in [0.5, 0.6) is 0 Å². The van der Waals surface area contributed by atoms with Gasteiger partial charge in [-0.3, -0.25) is 0 Å². The zero-order valence-electron chi connectivity index (χ0n) is 11.7. The fraction of sp³-hybridized carbons (Fsp3) is 0.600. The molecule has 0 spiro atoms. The van der Waals surface area contributed by atoms with Gasteiger partial charge in [0.1, 0.15) is 0 Å². The molecule has 1 unspecified atom stereocenters. The Balaban J connectivity index is 2.13. The van der Waals surface area contributed by atoms with Crippen molar-refractivity contribution in [2.75, 3.05) is 24.5 Å². The van der Waals surface area contributed by atoms with Crippen LogP contribution in [0, 0.1) is 6.92 Å². The van der Waals surface area contributed by atoms with E-state index in [0.29, 0.717) is 6.04 Å².